The number of carbonyl (C=O) groups excluding carboxylic acids is 2. The summed E-state index contributed by atoms with van der Waals surface area (Å²) in [5, 5.41) is 0. The van der Waals surface area contributed by atoms with E-state index in [1.165, 1.54) is 18.2 Å². The number of esters is 2. The first-order valence-corrected chi connectivity index (χ1v) is 6.87. The Hall–Kier alpha value is -2.18. The highest BCUT2D eigenvalue weighted by atomic mass is 19.3. The van der Waals surface area contributed by atoms with Gasteiger partial charge in [-0.2, -0.15) is 8.78 Å². The van der Waals surface area contributed by atoms with Crippen LogP contribution in [0, 0.1) is 0 Å². The SMILES string of the molecule is CCOC(=O)CCc1cc(OC(F)F)cc(C(=O)OCC)c1. The van der Waals surface area contributed by atoms with Crippen molar-refractivity contribution >= 4 is 11.9 Å². The molecule has 0 amide bonds. The van der Waals surface area contributed by atoms with Crippen LogP contribution < -0.4 is 4.74 Å². The molecule has 0 fully saturated rings. The standard InChI is InChI=1S/C15H18F2O5/c1-3-20-13(18)6-5-10-7-11(14(19)21-4-2)9-12(8-10)22-15(16)17/h7-9,15H,3-6H2,1-2H3. The van der Waals surface area contributed by atoms with Crippen LogP contribution in [-0.2, 0) is 20.7 Å². The third-order valence-corrected chi connectivity index (χ3v) is 2.63. The number of hydrogen-bond donors (Lipinski definition) is 0. The molecule has 122 valence electrons. The molecule has 0 aromatic heterocycles. The van der Waals surface area contributed by atoms with Crippen LogP contribution >= 0.6 is 0 Å². The molecule has 0 N–H and O–H groups in total. The first kappa shape index (κ1) is 17.9. The fourth-order valence-corrected chi connectivity index (χ4v) is 1.79. The summed E-state index contributed by atoms with van der Waals surface area (Å²) >= 11 is 0. The van der Waals surface area contributed by atoms with Crippen LogP contribution in [0.3, 0.4) is 0 Å². The van der Waals surface area contributed by atoms with Gasteiger partial charge in [0.15, 0.2) is 0 Å². The molecule has 5 nitrogen and oxygen atoms in total. The van der Waals surface area contributed by atoms with Crippen molar-refractivity contribution in [3.8, 4) is 5.75 Å². The highest BCUT2D eigenvalue weighted by Gasteiger charge is 2.14. The number of aryl methyl sites for hydroxylation is 1. The molecular weight excluding hydrogens is 298 g/mol. The molecule has 0 aliphatic rings. The second-order valence-electron chi connectivity index (χ2n) is 4.27. The zero-order chi connectivity index (χ0) is 16.5. The summed E-state index contributed by atoms with van der Waals surface area (Å²) in [4.78, 5) is 23.1. The van der Waals surface area contributed by atoms with Gasteiger partial charge in [-0.1, -0.05) is 0 Å². The second kappa shape index (κ2) is 8.96. The monoisotopic (exact) mass is 316 g/mol. The average molecular weight is 316 g/mol. The Balaban J connectivity index is 2.91. The van der Waals surface area contributed by atoms with Crippen LogP contribution in [0.2, 0.25) is 0 Å². The van der Waals surface area contributed by atoms with Crippen LogP contribution in [0.5, 0.6) is 5.75 Å². The molecule has 1 rings (SSSR count). The van der Waals surface area contributed by atoms with Gasteiger partial charge >= 0.3 is 18.6 Å². The molecule has 0 unspecified atom stereocenters. The van der Waals surface area contributed by atoms with Gasteiger partial charge in [-0.15, -0.1) is 0 Å². The van der Waals surface area contributed by atoms with Crippen LogP contribution in [-0.4, -0.2) is 31.8 Å². The molecule has 0 radical (unpaired) electrons. The van der Waals surface area contributed by atoms with Crippen molar-refractivity contribution in [2.45, 2.75) is 33.3 Å². The summed E-state index contributed by atoms with van der Waals surface area (Å²) in [7, 11) is 0. The summed E-state index contributed by atoms with van der Waals surface area (Å²) in [6.45, 7) is 0.751. The van der Waals surface area contributed by atoms with E-state index < -0.39 is 18.6 Å². The molecule has 0 saturated heterocycles. The fraction of sp³-hybridized carbons (Fsp3) is 0.467. The zero-order valence-electron chi connectivity index (χ0n) is 12.4. The molecule has 22 heavy (non-hydrogen) atoms. The number of halogens is 2. The van der Waals surface area contributed by atoms with Gasteiger partial charge in [0.25, 0.3) is 0 Å². The highest BCUT2D eigenvalue weighted by molar-refractivity contribution is 5.90. The number of carbonyl (C=O) groups is 2. The number of rotatable bonds is 8. The van der Waals surface area contributed by atoms with Gasteiger partial charge in [0.2, 0.25) is 0 Å². The van der Waals surface area contributed by atoms with Crippen molar-refractivity contribution < 1.29 is 32.6 Å². The number of benzene rings is 1. The van der Waals surface area contributed by atoms with E-state index in [1.54, 1.807) is 13.8 Å². The minimum Gasteiger partial charge on any atom is -0.466 e. The van der Waals surface area contributed by atoms with E-state index in [1.807, 2.05) is 0 Å². The predicted octanol–water partition coefficient (Wildman–Crippen LogP) is 2.96. The van der Waals surface area contributed by atoms with Crippen molar-refractivity contribution in [1.29, 1.82) is 0 Å². The minimum atomic E-state index is -3.00. The van der Waals surface area contributed by atoms with Crippen LogP contribution in [0.25, 0.3) is 0 Å². The second-order valence-corrected chi connectivity index (χ2v) is 4.27. The maximum atomic E-state index is 12.3. The van der Waals surface area contributed by atoms with Crippen molar-refractivity contribution in [3.63, 3.8) is 0 Å². The summed E-state index contributed by atoms with van der Waals surface area (Å²) in [5.74, 6) is -1.20. The number of ether oxygens (including phenoxy) is 3. The number of hydrogen-bond acceptors (Lipinski definition) is 5. The van der Waals surface area contributed by atoms with E-state index in [-0.39, 0.29) is 37.4 Å². The van der Waals surface area contributed by atoms with E-state index in [0.717, 1.165) is 0 Å². The normalized spacial score (nSPS) is 10.4. The van der Waals surface area contributed by atoms with E-state index >= 15 is 0 Å². The van der Waals surface area contributed by atoms with Gasteiger partial charge in [-0.05, 0) is 44.0 Å². The minimum absolute atomic E-state index is 0.0776. The Morgan fingerprint density at radius 2 is 1.77 bits per heavy atom. The molecule has 1 aromatic rings. The lowest BCUT2D eigenvalue weighted by molar-refractivity contribution is -0.143. The zero-order valence-corrected chi connectivity index (χ0v) is 12.4. The smallest absolute Gasteiger partial charge is 0.387 e. The Labute approximate surface area is 127 Å². The lowest BCUT2D eigenvalue weighted by Crippen LogP contribution is -2.09. The molecule has 0 heterocycles. The molecular formula is C15H18F2O5. The van der Waals surface area contributed by atoms with Crippen molar-refractivity contribution in [3.05, 3.63) is 29.3 Å². The summed E-state index contributed by atoms with van der Waals surface area (Å²) < 4.78 is 38.6. The Kier molecular flexibility index (Phi) is 7.28. The fourth-order valence-electron chi connectivity index (χ4n) is 1.79. The molecule has 0 saturated carbocycles. The van der Waals surface area contributed by atoms with Gasteiger partial charge in [-0.25, -0.2) is 4.79 Å². The lowest BCUT2D eigenvalue weighted by atomic mass is 10.1. The first-order valence-electron chi connectivity index (χ1n) is 6.87. The maximum Gasteiger partial charge on any atom is 0.387 e. The van der Waals surface area contributed by atoms with Gasteiger partial charge in [0, 0.05) is 6.42 Å². The van der Waals surface area contributed by atoms with E-state index in [4.69, 9.17) is 9.47 Å². The van der Waals surface area contributed by atoms with Crippen molar-refractivity contribution in [1.82, 2.24) is 0 Å². The van der Waals surface area contributed by atoms with Crippen LogP contribution in [0.15, 0.2) is 18.2 Å². The van der Waals surface area contributed by atoms with Crippen molar-refractivity contribution in [2.24, 2.45) is 0 Å². The van der Waals surface area contributed by atoms with Gasteiger partial charge in [0.05, 0.1) is 18.8 Å². The molecule has 0 spiro atoms. The summed E-state index contributed by atoms with van der Waals surface area (Å²) in [5.41, 5.74) is 0.605. The third kappa shape index (κ3) is 6.07. The predicted molar refractivity (Wildman–Crippen MR) is 74.0 cm³/mol. The average Bonchev–Trinajstić information content (AvgIpc) is 2.45. The van der Waals surface area contributed by atoms with Crippen molar-refractivity contribution in [2.75, 3.05) is 13.2 Å². The third-order valence-electron chi connectivity index (χ3n) is 2.63. The van der Waals surface area contributed by atoms with E-state index in [2.05, 4.69) is 4.74 Å². The molecule has 0 aliphatic heterocycles. The van der Waals surface area contributed by atoms with Gasteiger partial charge in [0.1, 0.15) is 5.75 Å². The molecule has 0 bridgehead atoms. The Morgan fingerprint density at radius 1 is 1.09 bits per heavy atom. The molecule has 1 aromatic carbocycles. The molecule has 0 atom stereocenters. The largest absolute Gasteiger partial charge is 0.466 e. The van der Waals surface area contributed by atoms with Crippen LogP contribution in [0.1, 0.15) is 36.2 Å². The summed E-state index contributed by atoms with van der Waals surface area (Å²) in [6, 6.07) is 4.02. The van der Waals surface area contributed by atoms with Gasteiger partial charge in [-0.3, -0.25) is 4.79 Å². The highest BCUT2D eigenvalue weighted by Crippen LogP contribution is 2.21. The van der Waals surface area contributed by atoms with Gasteiger partial charge < -0.3 is 14.2 Å². The van der Waals surface area contributed by atoms with Crippen LogP contribution in [0.4, 0.5) is 8.78 Å². The Morgan fingerprint density at radius 3 is 2.36 bits per heavy atom. The van der Waals surface area contributed by atoms with E-state index in [9.17, 15) is 18.4 Å². The number of alkyl halides is 2. The first-order chi connectivity index (χ1) is 10.5. The quantitative estimate of drug-likeness (QED) is 0.690. The van der Waals surface area contributed by atoms with E-state index in [0.29, 0.717) is 5.56 Å². The molecule has 0 aliphatic carbocycles. The summed E-state index contributed by atoms with van der Waals surface area (Å²) in [6.07, 6.45) is 0.319. The molecule has 7 heteroatoms. The topological polar surface area (TPSA) is 61.8 Å². The maximum absolute atomic E-state index is 12.3. The lowest BCUT2D eigenvalue weighted by Gasteiger charge is -2.10. The Bertz CT molecular complexity index is 517.